The summed E-state index contributed by atoms with van der Waals surface area (Å²) in [5.41, 5.74) is 10.2. The highest BCUT2D eigenvalue weighted by atomic mass is 19.4. The van der Waals surface area contributed by atoms with Crippen LogP contribution in [0.1, 0.15) is 34.9 Å². The summed E-state index contributed by atoms with van der Waals surface area (Å²) in [4.78, 5) is 19.3. The van der Waals surface area contributed by atoms with Crippen molar-refractivity contribution in [3.63, 3.8) is 0 Å². The molecule has 0 saturated carbocycles. The average Bonchev–Trinajstić information content (AvgIpc) is 3.05. The van der Waals surface area contributed by atoms with E-state index in [4.69, 9.17) is 20.6 Å². The monoisotopic (exact) mass is 380 g/mol. The molecular formula is C17H15F3N4O3. The molecule has 0 bridgehead atoms. The van der Waals surface area contributed by atoms with E-state index in [1.165, 1.54) is 25.3 Å². The molecule has 1 aromatic carbocycles. The standard InChI is InChI=1S/C17H15F3N4O3/c1-7(21)14-13(15(22)25)24-16(27-14)9-3-5-10(26-2)12-8(9)4-6-11(23-12)17(18,19)20/h3-7H,21H2,1-2H3,(H2,22,25)/t7-/m0/s1. The number of oxazole rings is 1. The zero-order chi connectivity index (χ0) is 19.9. The molecule has 27 heavy (non-hydrogen) atoms. The van der Waals surface area contributed by atoms with Gasteiger partial charge in [-0.05, 0) is 31.2 Å². The number of rotatable bonds is 4. The third kappa shape index (κ3) is 3.31. The molecule has 0 unspecified atom stereocenters. The number of fused-ring (bicyclic) bond motifs is 1. The minimum absolute atomic E-state index is 0.00897. The Morgan fingerprint density at radius 3 is 2.44 bits per heavy atom. The van der Waals surface area contributed by atoms with Crippen molar-refractivity contribution in [2.24, 2.45) is 11.5 Å². The molecule has 0 fully saturated rings. The van der Waals surface area contributed by atoms with Crippen molar-refractivity contribution in [3.05, 3.63) is 41.4 Å². The average molecular weight is 380 g/mol. The molecule has 0 radical (unpaired) electrons. The molecule has 0 saturated heterocycles. The Labute approximate surface area is 151 Å². The molecule has 0 aliphatic rings. The minimum atomic E-state index is -4.61. The van der Waals surface area contributed by atoms with Gasteiger partial charge in [-0.3, -0.25) is 4.79 Å². The number of nitrogens with zero attached hydrogens (tertiary/aromatic N) is 2. The summed E-state index contributed by atoms with van der Waals surface area (Å²) in [5.74, 6) is -0.604. The summed E-state index contributed by atoms with van der Waals surface area (Å²) < 4.78 is 49.7. The molecule has 1 atom stereocenters. The second kappa shape index (κ2) is 6.54. The van der Waals surface area contributed by atoms with Gasteiger partial charge in [0.25, 0.3) is 5.91 Å². The quantitative estimate of drug-likeness (QED) is 0.718. The van der Waals surface area contributed by atoms with E-state index in [-0.39, 0.29) is 28.6 Å². The van der Waals surface area contributed by atoms with Crippen LogP contribution in [-0.2, 0) is 6.18 Å². The number of carbonyl (C=O) groups excluding carboxylic acids is 1. The smallest absolute Gasteiger partial charge is 0.433 e. The van der Waals surface area contributed by atoms with Crippen molar-refractivity contribution < 1.29 is 27.1 Å². The van der Waals surface area contributed by atoms with E-state index in [1.54, 1.807) is 6.92 Å². The SMILES string of the molecule is COc1ccc(-c2nc(C(N)=O)c([C@H](C)N)o2)c2ccc(C(F)(F)F)nc12. The number of aromatic nitrogens is 2. The number of amides is 1. The van der Waals surface area contributed by atoms with Gasteiger partial charge in [-0.25, -0.2) is 9.97 Å². The van der Waals surface area contributed by atoms with E-state index in [9.17, 15) is 18.0 Å². The number of carbonyl (C=O) groups is 1. The van der Waals surface area contributed by atoms with Gasteiger partial charge in [-0.15, -0.1) is 0 Å². The maximum Gasteiger partial charge on any atom is 0.433 e. The van der Waals surface area contributed by atoms with Crippen molar-refractivity contribution in [2.75, 3.05) is 7.11 Å². The summed E-state index contributed by atoms with van der Waals surface area (Å²) in [6, 6.07) is 4.40. The van der Waals surface area contributed by atoms with E-state index in [1.807, 2.05) is 0 Å². The molecule has 0 aliphatic heterocycles. The van der Waals surface area contributed by atoms with Crippen molar-refractivity contribution in [3.8, 4) is 17.2 Å². The summed E-state index contributed by atoms with van der Waals surface area (Å²) in [6.07, 6.45) is -4.61. The van der Waals surface area contributed by atoms with Crippen molar-refractivity contribution in [2.45, 2.75) is 19.1 Å². The van der Waals surface area contributed by atoms with Gasteiger partial charge in [-0.2, -0.15) is 13.2 Å². The Morgan fingerprint density at radius 2 is 1.93 bits per heavy atom. The van der Waals surface area contributed by atoms with Crippen LogP contribution in [0, 0.1) is 0 Å². The Kier molecular flexibility index (Phi) is 4.52. The molecule has 4 N–H and O–H groups in total. The van der Waals surface area contributed by atoms with Crippen LogP contribution in [-0.4, -0.2) is 23.0 Å². The summed E-state index contributed by atoms with van der Waals surface area (Å²) in [5, 5.41) is 0.302. The Hall–Kier alpha value is -3.14. The highest BCUT2D eigenvalue weighted by Gasteiger charge is 2.33. The van der Waals surface area contributed by atoms with Crippen molar-refractivity contribution >= 4 is 16.8 Å². The summed E-state index contributed by atoms with van der Waals surface area (Å²) in [7, 11) is 1.32. The molecule has 2 heterocycles. The fourth-order valence-corrected chi connectivity index (χ4v) is 2.63. The molecular weight excluding hydrogens is 365 g/mol. The maximum atomic E-state index is 13.0. The first kappa shape index (κ1) is 18.6. The third-order valence-corrected chi connectivity index (χ3v) is 3.86. The van der Waals surface area contributed by atoms with Crippen LogP contribution in [0.15, 0.2) is 28.7 Å². The van der Waals surface area contributed by atoms with Gasteiger partial charge in [-0.1, -0.05) is 0 Å². The number of pyridine rings is 1. The van der Waals surface area contributed by atoms with Crippen LogP contribution >= 0.6 is 0 Å². The van der Waals surface area contributed by atoms with Gasteiger partial charge in [0.15, 0.2) is 11.5 Å². The molecule has 1 amide bonds. The first-order chi connectivity index (χ1) is 12.6. The summed E-state index contributed by atoms with van der Waals surface area (Å²) in [6.45, 7) is 1.58. The number of methoxy groups -OCH3 is 1. The van der Waals surface area contributed by atoms with E-state index < -0.39 is 23.8 Å². The number of primary amides is 1. The molecule has 3 rings (SSSR count). The van der Waals surface area contributed by atoms with E-state index >= 15 is 0 Å². The van der Waals surface area contributed by atoms with E-state index in [2.05, 4.69) is 9.97 Å². The molecule has 0 aliphatic carbocycles. The maximum absolute atomic E-state index is 13.0. The Bertz CT molecular complexity index is 1030. The van der Waals surface area contributed by atoms with Crippen LogP contribution in [0.4, 0.5) is 13.2 Å². The van der Waals surface area contributed by atoms with Gasteiger partial charge in [0.2, 0.25) is 5.89 Å². The van der Waals surface area contributed by atoms with Crippen molar-refractivity contribution in [1.82, 2.24) is 9.97 Å². The number of halogens is 3. The molecule has 0 spiro atoms. The predicted molar refractivity (Wildman–Crippen MR) is 89.9 cm³/mol. The number of alkyl halides is 3. The molecule has 2 aromatic heterocycles. The fourth-order valence-electron chi connectivity index (χ4n) is 2.63. The number of ether oxygens (including phenoxy) is 1. The normalized spacial score (nSPS) is 13.0. The van der Waals surface area contributed by atoms with Gasteiger partial charge in [0, 0.05) is 10.9 Å². The highest BCUT2D eigenvalue weighted by Crippen LogP contribution is 2.37. The van der Waals surface area contributed by atoms with Crippen LogP contribution in [0.2, 0.25) is 0 Å². The van der Waals surface area contributed by atoms with Crippen LogP contribution in [0.5, 0.6) is 5.75 Å². The van der Waals surface area contributed by atoms with Crippen LogP contribution in [0.25, 0.3) is 22.4 Å². The first-order valence-corrected chi connectivity index (χ1v) is 7.75. The lowest BCUT2D eigenvalue weighted by Crippen LogP contribution is -2.17. The van der Waals surface area contributed by atoms with Crippen LogP contribution < -0.4 is 16.2 Å². The van der Waals surface area contributed by atoms with E-state index in [0.717, 1.165) is 6.07 Å². The van der Waals surface area contributed by atoms with Crippen LogP contribution in [0.3, 0.4) is 0 Å². The molecule has 10 heteroatoms. The summed E-state index contributed by atoms with van der Waals surface area (Å²) >= 11 is 0. The third-order valence-electron chi connectivity index (χ3n) is 3.86. The first-order valence-electron chi connectivity index (χ1n) is 7.75. The second-order valence-corrected chi connectivity index (χ2v) is 5.79. The van der Waals surface area contributed by atoms with Gasteiger partial charge in [0.05, 0.1) is 13.2 Å². The zero-order valence-corrected chi connectivity index (χ0v) is 14.3. The van der Waals surface area contributed by atoms with Gasteiger partial charge in [0.1, 0.15) is 17.0 Å². The fraction of sp³-hybridized carbons (Fsp3) is 0.235. The predicted octanol–water partition coefficient (Wildman–Crippen LogP) is 3.04. The Morgan fingerprint density at radius 1 is 1.22 bits per heavy atom. The molecule has 3 aromatic rings. The second-order valence-electron chi connectivity index (χ2n) is 5.79. The Balaban J connectivity index is 2.27. The minimum Gasteiger partial charge on any atom is -0.494 e. The number of nitrogens with two attached hydrogens (primary N) is 2. The lowest BCUT2D eigenvalue weighted by molar-refractivity contribution is -0.140. The van der Waals surface area contributed by atoms with E-state index in [0.29, 0.717) is 10.9 Å². The highest BCUT2D eigenvalue weighted by molar-refractivity contribution is 5.97. The lowest BCUT2D eigenvalue weighted by Gasteiger charge is -2.11. The lowest BCUT2D eigenvalue weighted by atomic mass is 10.1. The van der Waals surface area contributed by atoms with Gasteiger partial charge < -0.3 is 20.6 Å². The molecule has 7 nitrogen and oxygen atoms in total. The zero-order valence-electron chi connectivity index (χ0n) is 14.3. The van der Waals surface area contributed by atoms with Crippen molar-refractivity contribution in [1.29, 1.82) is 0 Å². The number of benzene rings is 1. The van der Waals surface area contributed by atoms with Gasteiger partial charge >= 0.3 is 6.18 Å². The number of hydrogen-bond donors (Lipinski definition) is 2. The largest absolute Gasteiger partial charge is 0.494 e. The molecule has 142 valence electrons. The topological polar surface area (TPSA) is 117 Å². The number of hydrogen-bond acceptors (Lipinski definition) is 6.